The fraction of sp³-hybridized carbons (Fsp3) is 0.688. The third kappa shape index (κ3) is 20.1. The number of piperidine rings is 6. The summed E-state index contributed by atoms with van der Waals surface area (Å²) < 4.78 is 56.5. The van der Waals surface area contributed by atoms with Crippen LogP contribution >= 0.6 is 127 Å². The normalized spacial score (nSPS) is 21.5. The van der Waals surface area contributed by atoms with Gasteiger partial charge in [-0.1, -0.05) is 167 Å². The van der Waals surface area contributed by atoms with Gasteiger partial charge in [-0.3, -0.25) is 23.7 Å². The number of alkyl halides is 9. The average molecular weight is 1460 g/mol. The second-order valence-corrected chi connectivity index (χ2v) is 33.5. The van der Waals surface area contributed by atoms with Gasteiger partial charge in [-0.25, -0.2) is 42.3 Å². The first-order valence-electron chi connectivity index (χ1n) is 26.4. The van der Waals surface area contributed by atoms with E-state index in [9.17, 15) is 29.0 Å². The molecule has 0 atom stereocenters. The van der Waals surface area contributed by atoms with Crippen molar-refractivity contribution < 1.29 is 78.4 Å². The monoisotopic (exact) mass is 1460 g/mol. The van der Waals surface area contributed by atoms with E-state index in [1.54, 1.807) is 12.4 Å². The van der Waals surface area contributed by atoms with Crippen LogP contribution in [0.15, 0.2) is 63.1 Å². The van der Waals surface area contributed by atoms with E-state index >= 15 is 0 Å². The van der Waals surface area contributed by atoms with E-state index in [4.69, 9.17) is 104 Å². The van der Waals surface area contributed by atoms with E-state index in [0.717, 1.165) is 137 Å². The van der Waals surface area contributed by atoms with Gasteiger partial charge in [-0.05, 0) is 89.2 Å². The first kappa shape index (κ1) is 69.9. The summed E-state index contributed by atoms with van der Waals surface area (Å²) >= 11 is 50.4. The molecule has 0 amide bonds. The fourth-order valence-corrected chi connectivity index (χ4v) is 18.7. The number of aromatic nitrogens is 2. The van der Waals surface area contributed by atoms with Crippen molar-refractivity contribution in [3.8, 4) is 0 Å². The van der Waals surface area contributed by atoms with Crippen molar-refractivity contribution in [2.24, 2.45) is 14.3 Å². The molecule has 6 aliphatic heterocycles. The van der Waals surface area contributed by atoms with E-state index in [-0.39, 0.29) is 49.4 Å². The molecule has 6 aliphatic rings. The van der Waals surface area contributed by atoms with Gasteiger partial charge in [0.15, 0.2) is 0 Å². The quantitative estimate of drug-likeness (QED) is 0.0643. The molecule has 9 rings (SSSR count). The molecule has 1 aromatic carbocycles. The second-order valence-electron chi connectivity index (χ2n) is 19.6. The summed E-state index contributed by atoms with van der Waals surface area (Å²) in [5, 5.41) is 38.2. The Morgan fingerprint density at radius 3 is 0.744 bits per heavy atom. The number of rotatable bonds is 9. The topological polar surface area (TPSA) is 203 Å². The van der Waals surface area contributed by atoms with Gasteiger partial charge in [0.1, 0.15) is 0 Å². The molecule has 3 aromatic rings. The van der Waals surface area contributed by atoms with Crippen molar-refractivity contribution in [2.45, 2.75) is 127 Å². The average Bonchev–Trinajstić information content (AvgIpc) is 3.48. The number of pyridine rings is 2. The van der Waals surface area contributed by atoms with E-state index in [2.05, 4.69) is 48.5 Å². The van der Waals surface area contributed by atoms with Crippen LogP contribution in [-0.4, -0.2) is 146 Å². The molecule has 78 heavy (non-hydrogen) atoms. The van der Waals surface area contributed by atoms with Crippen molar-refractivity contribution in [1.29, 1.82) is 0 Å². The van der Waals surface area contributed by atoms with Crippen molar-refractivity contribution in [1.82, 2.24) is 38.0 Å². The zero-order chi connectivity index (χ0) is 55.9. The van der Waals surface area contributed by atoms with Crippen LogP contribution in [0.5, 0.6) is 0 Å². The molecule has 6 saturated heterocycles. The number of benzene rings is 1. The standard InChI is InChI=1S/3C12H21Cl3N3O2P.C12H8N2.Eu/c3*13-12(14,15)11(19)16-21(20,17-7-3-1-4-8-17)18-9-5-2-6-10-18;1-3-9-5-6-10-4-2-8-14-12(10)11(9)13-7-1;/h3*1-10H2,(H,16,19,20);1-8H;/q;;;;+3/p-3. The van der Waals surface area contributed by atoms with Crippen LogP contribution in [0.2, 0.25) is 0 Å². The number of nitrogens with zero attached hydrogens (tertiary/aromatic N) is 11. The minimum atomic E-state index is -3.33. The fourth-order valence-electron chi connectivity index (χ4n) is 9.95. The van der Waals surface area contributed by atoms with Crippen LogP contribution in [0, 0.1) is 49.4 Å². The largest absolute Gasteiger partial charge is 3.00 e. The molecule has 0 bridgehead atoms. The zero-order valence-corrected chi connectivity index (χ0v) is 55.2. The van der Waals surface area contributed by atoms with Crippen LogP contribution in [0.25, 0.3) is 21.8 Å². The Morgan fingerprint density at radius 1 is 0.372 bits per heavy atom. The van der Waals surface area contributed by atoms with Crippen LogP contribution in [0.4, 0.5) is 0 Å². The van der Waals surface area contributed by atoms with E-state index < -0.39 is 51.9 Å². The molecule has 0 unspecified atom stereocenters. The molecule has 0 spiro atoms. The molecule has 0 radical (unpaired) electrons. The summed E-state index contributed by atoms with van der Waals surface area (Å²) in [6, 6.07) is 12.1. The van der Waals surface area contributed by atoms with E-state index in [1.165, 1.54) is 0 Å². The Labute approximate surface area is 545 Å². The van der Waals surface area contributed by atoms with Crippen molar-refractivity contribution in [3.63, 3.8) is 0 Å². The van der Waals surface area contributed by atoms with Crippen molar-refractivity contribution in [3.05, 3.63) is 48.8 Å². The Kier molecular flexibility index (Phi) is 29.3. The molecule has 6 fully saturated rings. The number of fused-ring (bicyclic) bond motifs is 3. The number of halogens is 9. The first-order valence-corrected chi connectivity index (χ1v) is 34.5. The summed E-state index contributed by atoms with van der Waals surface area (Å²) in [5.74, 6) is -2.81. The molecule has 17 nitrogen and oxygen atoms in total. The molecule has 0 N–H and O–H groups in total. The maximum atomic E-state index is 13.5. The Balaban J connectivity index is 0.000000192. The van der Waals surface area contributed by atoms with E-state index in [0.29, 0.717) is 78.5 Å². The minimum absolute atomic E-state index is 0. The molecule has 436 valence electrons. The van der Waals surface area contributed by atoms with Crippen LogP contribution in [0.3, 0.4) is 0 Å². The zero-order valence-electron chi connectivity index (χ0n) is 43.3. The van der Waals surface area contributed by atoms with Gasteiger partial charge >= 0.3 is 72.2 Å². The summed E-state index contributed by atoms with van der Waals surface area (Å²) in [4.78, 5) is 8.69. The minimum Gasteiger partial charge on any atom is -0.859 e. The summed E-state index contributed by atoms with van der Waals surface area (Å²) in [5.41, 5.74) is 1.95. The van der Waals surface area contributed by atoms with Gasteiger partial charge in [0.05, 0.1) is 11.0 Å². The predicted octanol–water partition coefficient (Wildman–Crippen LogP) is 12.4. The van der Waals surface area contributed by atoms with Crippen LogP contribution in [0.1, 0.15) is 116 Å². The smallest absolute Gasteiger partial charge is 0.859 e. The van der Waals surface area contributed by atoms with Gasteiger partial charge in [-0.2, -0.15) is 0 Å². The molecule has 2 aromatic heterocycles. The summed E-state index contributed by atoms with van der Waals surface area (Å²) in [6.45, 7) is 8.05. The van der Waals surface area contributed by atoms with Gasteiger partial charge < -0.3 is 15.3 Å². The van der Waals surface area contributed by atoms with Gasteiger partial charge in [-0.15, -0.1) is 0 Å². The predicted molar refractivity (Wildman–Crippen MR) is 316 cm³/mol. The van der Waals surface area contributed by atoms with Gasteiger partial charge in [0.2, 0.25) is 11.4 Å². The third-order valence-corrected chi connectivity index (χ3v) is 23.5. The number of hydrogen-bond donors (Lipinski definition) is 0. The summed E-state index contributed by atoms with van der Waals surface area (Å²) in [7, 11) is -10.0. The Hall–Kier alpha value is 1.09. The van der Waals surface area contributed by atoms with Crippen molar-refractivity contribution >= 4 is 167 Å². The Bertz CT molecular complexity index is 2290. The maximum absolute atomic E-state index is 13.5. The van der Waals surface area contributed by atoms with Crippen LogP contribution in [-0.2, 0) is 13.7 Å². The van der Waals surface area contributed by atoms with Gasteiger partial charge in [0, 0.05) is 119 Å². The molecule has 30 heteroatoms. The number of hydrogen-bond acceptors (Lipinski definition) is 8. The molecule has 0 aliphatic carbocycles. The molecular weight excluding hydrogens is 1390 g/mol. The van der Waals surface area contributed by atoms with E-state index in [1.807, 2.05) is 40.2 Å². The molecular formula is C48H68Cl9EuN11O6P3. The third-order valence-electron chi connectivity index (χ3n) is 13.9. The summed E-state index contributed by atoms with van der Waals surface area (Å²) in [6.07, 6.45) is 21.7. The Morgan fingerprint density at radius 2 is 0.564 bits per heavy atom. The van der Waals surface area contributed by atoms with Crippen molar-refractivity contribution in [2.75, 3.05) is 78.5 Å². The van der Waals surface area contributed by atoms with Gasteiger partial charge in [0.25, 0.3) is 0 Å². The SMILES string of the molecule is O=P(/N=C(\[O-])C(Cl)(Cl)Cl)(N1CCCCC1)N1CCCCC1.O=P(/N=C(\[O-])C(Cl)(Cl)Cl)(N1CCCCC1)N1CCCCC1.O=P(/N=C(\[O-])C(Cl)(Cl)Cl)(N1CCCCC1)N1CCCCC1.[Eu+3].c1cnc2c(c1)ccc1cccnc12. The van der Waals surface area contributed by atoms with Crippen LogP contribution < -0.4 is 15.3 Å². The second kappa shape index (κ2) is 32.7. The molecule has 0 saturated carbocycles. The maximum Gasteiger partial charge on any atom is 3.00 e. The first-order chi connectivity index (χ1) is 36.5. The molecule has 8 heterocycles.